The number of anilines is 1. The van der Waals surface area contributed by atoms with Crippen LogP contribution in [0.3, 0.4) is 0 Å². The third kappa shape index (κ3) is 2.38. The minimum atomic E-state index is -0.554. The van der Waals surface area contributed by atoms with E-state index in [0.717, 1.165) is 0 Å². The summed E-state index contributed by atoms with van der Waals surface area (Å²) in [6.07, 6.45) is 4.74. The van der Waals surface area contributed by atoms with E-state index in [0.29, 0.717) is 0 Å². The summed E-state index contributed by atoms with van der Waals surface area (Å²) in [6.45, 7) is 0. The van der Waals surface area contributed by atoms with E-state index in [9.17, 15) is 4.39 Å². The molecule has 21 heavy (non-hydrogen) atoms. The van der Waals surface area contributed by atoms with E-state index in [1.54, 1.807) is 29.1 Å². The maximum absolute atomic E-state index is 14.3. The van der Waals surface area contributed by atoms with Crippen LogP contribution in [0.5, 0.6) is 5.75 Å². The highest BCUT2D eigenvalue weighted by molar-refractivity contribution is 5.60. The SMILES string of the molecule is COc1cccc(-c2nc(N)nc(-n3ccnc3)n2)c1F. The molecule has 0 spiro atoms. The van der Waals surface area contributed by atoms with Gasteiger partial charge in [-0.05, 0) is 12.1 Å². The van der Waals surface area contributed by atoms with Crippen LogP contribution in [0.1, 0.15) is 0 Å². The Bertz CT molecular complexity index is 774. The van der Waals surface area contributed by atoms with Gasteiger partial charge < -0.3 is 10.5 Å². The Morgan fingerprint density at radius 3 is 2.81 bits per heavy atom. The fourth-order valence-electron chi connectivity index (χ4n) is 1.84. The Balaban J connectivity index is 2.15. The molecule has 0 atom stereocenters. The van der Waals surface area contributed by atoms with Crippen LogP contribution in [0, 0.1) is 5.82 Å². The molecule has 0 unspecified atom stereocenters. The van der Waals surface area contributed by atoms with Crippen molar-refractivity contribution in [2.75, 3.05) is 12.8 Å². The van der Waals surface area contributed by atoms with Crippen LogP contribution in [0.2, 0.25) is 0 Å². The number of nitrogens with zero attached hydrogens (tertiary/aromatic N) is 5. The highest BCUT2D eigenvalue weighted by Gasteiger charge is 2.15. The normalized spacial score (nSPS) is 10.6. The lowest BCUT2D eigenvalue weighted by Crippen LogP contribution is -2.07. The van der Waals surface area contributed by atoms with Gasteiger partial charge in [0.25, 0.3) is 0 Å². The highest BCUT2D eigenvalue weighted by Crippen LogP contribution is 2.27. The molecular formula is C13H11FN6O. The molecule has 0 aliphatic rings. The largest absolute Gasteiger partial charge is 0.494 e. The van der Waals surface area contributed by atoms with Crippen LogP contribution in [0.15, 0.2) is 36.9 Å². The average Bonchev–Trinajstić information content (AvgIpc) is 3.01. The van der Waals surface area contributed by atoms with Gasteiger partial charge in [-0.25, -0.2) is 9.37 Å². The fourth-order valence-corrected chi connectivity index (χ4v) is 1.84. The zero-order valence-corrected chi connectivity index (χ0v) is 11.1. The van der Waals surface area contributed by atoms with Gasteiger partial charge in [-0.2, -0.15) is 15.0 Å². The second kappa shape index (κ2) is 5.16. The second-order valence-electron chi connectivity index (χ2n) is 4.11. The molecule has 7 nitrogen and oxygen atoms in total. The number of rotatable bonds is 3. The number of ether oxygens (including phenoxy) is 1. The maximum Gasteiger partial charge on any atom is 0.240 e. The summed E-state index contributed by atoms with van der Waals surface area (Å²) >= 11 is 0. The molecule has 0 fully saturated rings. The monoisotopic (exact) mass is 286 g/mol. The summed E-state index contributed by atoms with van der Waals surface area (Å²) in [5, 5.41) is 0. The zero-order chi connectivity index (χ0) is 14.8. The van der Waals surface area contributed by atoms with Crippen molar-refractivity contribution >= 4 is 5.95 Å². The van der Waals surface area contributed by atoms with E-state index in [4.69, 9.17) is 10.5 Å². The van der Waals surface area contributed by atoms with Gasteiger partial charge in [-0.3, -0.25) is 4.57 Å². The number of hydrogen-bond donors (Lipinski definition) is 1. The smallest absolute Gasteiger partial charge is 0.240 e. The molecule has 3 rings (SSSR count). The van der Waals surface area contributed by atoms with Crippen molar-refractivity contribution in [2.45, 2.75) is 0 Å². The van der Waals surface area contributed by atoms with E-state index < -0.39 is 5.82 Å². The quantitative estimate of drug-likeness (QED) is 0.783. The maximum atomic E-state index is 14.3. The summed E-state index contributed by atoms with van der Waals surface area (Å²) in [5.74, 6) is -0.0661. The first-order valence-corrected chi connectivity index (χ1v) is 6.02. The number of nitrogen functional groups attached to an aromatic ring is 1. The van der Waals surface area contributed by atoms with Gasteiger partial charge in [0, 0.05) is 12.4 Å². The topological polar surface area (TPSA) is 91.7 Å². The summed E-state index contributed by atoms with van der Waals surface area (Å²) in [6, 6.07) is 4.71. The van der Waals surface area contributed by atoms with Gasteiger partial charge in [0.1, 0.15) is 6.33 Å². The lowest BCUT2D eigenvalue weighted by molar-refractivity contribution is 0.387. The van der Waals surface area contributed by atoms with Crippen molar-refractivity contribution in [1.29, 1.82) is 0 Å². The first-order valence-electron chi connectivity index (χ1n) is 6.02. The molecule has 0 saturated heterocycles. The van der Waals surface area contributed by atoms with Gasteiger partial charge in [-0.1, -0.05) is 6.07 Å². The molecule has 0 amide bonds. The second-order valence-corrected chi connectivity index (χ2v) is 4.11. The van der Waals surface area contributed by atoms with Crippen molar-refractivity contribution < 1.29 is 9.13 Å². The van der Waals surface area contributed by atoms with Crippen LogP contribution in [-0.2, 0) is 0 Å². The highest BCUT2D eigenvalue weighted by atomic mass is 19.1. The molecule has 0 radical (unpaired) electrons. The third-order valence-electron chi connectivity index (χ3n) is 2.80. The van der Waals surface area contributed by atoms with E-state index in [1.807, 2.05) is 0 Å². The minimum absolute atomic E-state index is 0.00841. The molecule has 106 valence electrons. The minimum Gasteiger partial charge on any atom is -0.494 e. The van der Waals surface area contributed by atoms with E-state index in [2.05, 4.69) is 19.9 Å². The predicted octanol–water partition coefficient (Wildman–Crippen LogP) is 1.45. The molecule has 8 heteroatoms. The lowest BCUT2D eigenvalue weighted by atomic mass is 10.2. The summed E-state index contributed by atoms with van der Waals surface area (Å²) in [7, 11) is 1.39. The molecule has 1 aromatic carbocycles. The first kappa shape index (κ1) is 13.0. The molecule has 2 heterocycles. The van der Waals surface area contributed by atoms with Gasteiger partial charge in [0.05, 0.1) is 12.7 Å². The van der Waals surface area contributed by atoms with Gasteiger partial charge >= 0.3 is 0 Å². The van der Waals surface area contributed by atoms with Gasteiger partial charge in [-0.15, -0.1) is 0 Å². The Kier molecular flexibility index (Phi) is 3.19. The van der Waals surface area contributed by atoms with Gasteiger partial charge in [0.15, 0.2) is 17.4 Å². The number of imidazole rings is 1. The van der Waals surface area contributed by atoms with Crippen molar-refractivity contribution in [3.63, 3.8) is 0 Å². The average molecular weight is 286 g/mol. The van der Waals surface area contributed by atoms with Gasteiger partial charge in [0.2, 0.25) is 11.9 Å². The number of aromatic nitrogens is 5. The molecule has 2 aromatic heterocycles. The van der Waals surface area contributed by atoms with E-state index in [-0.39, 0.29) is 29.0 Å². The van der Waals surface area contributed by atoms with Crippen LogP contribution in [0.25, 0.3) is 17.3 Å². The van der Waals surface area contributed by atoms with E-state index in [1.165, 1.54) is 19.5 Å². The number of benzene rings is 1. The molecule has 0 aliphatic heterocycles. The van der Waals surface area contributed by atoms with Crippen molar-refractivity contribution in [3.05, 3.63) is 42.7 Å². The Morgan fingerprint density at radius 2 is 2.10 bits per heavy atom. The summed E-state index contributed by atoms with van der Waals surface area (Å²) < 4.78 is 20.8. The number of halogens is 1. The molecular weight excluding hydrogens is 275 g/mol. The molecule has 2 N–H and O–H groups in total. The van der Waals surface area contributed by atoms with Crippen LogP contribution in [-0.4, -0.2) is 31.6 Å². The Labute approximate surface area is 119 Å². The van der Waals surface area contributed by atoms with E-state index >= 15 is 0 Å². The zero-order valence-electron chi connectivity index (χ0n) is 11.1. The number of hydrogen-bond acceptors (Lipinski definition) is 6. The summed E-state index contributed by atoms with van der Waals surface area (Å²) in [4.78, 5) is 16.1. The van der Waals surface area contributed by atoms with Crippen LogP contribution in [0.4, 0.5) is 10.3 Å². The third-order valence-corrected chi connectivity index (χ3v) is 2.80. The van der Waals surface area contributed by atoms with Crippen LogP contribution < -0.4 is 10.5 Å². The summed E-state index contributed by atoms with van der Waals surface area (Å²) in [5.41, 5.74) is 5.86. The molecule has 3 aromatic rings. The standard InChI is InChI=1S/C13H11FN6O/c1-21-9-4-2-3-8(10(9)14)11-17-12(15)19-13(18-11)20-6-5-16-7-20/h2-7H,1H3,(H2,15,17,18,19). The lowest BCUT2D eigenvalue weighted by Gasteiger charge is -2.08. The van der Waals surface area contributed by atoms with Crippen LogP contribution >= 0.6 is 0 Å². The Morgan fingerprint density at radius 1 is 1.24 bits per heavy atom. The number of nitrogens with two attached hydrogens (primary N) is 1. The number of methoxy groups -OCH3 is 1. The van der Waals surface area contributed by atoms with Crippen molar-refractivity contribution in [3.8, 4) is 23.1 Å². The van der Waals surface area contributed by atoms with Crippen molar-refractivity contribution in [2.24, 2.45) is 0 Å². The predicted molar refractivity (Wildman–Crippen MR) is 73.3 cm³/mol. The Hall–Kier alpha value is -3.03. The fraction of sp³-hybridized carbons (Fsp3) is 0.0769. The molecule has 0 saturated carbocycles. The first-order chi connectivity index (χ1) is 10.2. The molecule has 0 aliphatic carbocycles. The van der Waals surface area contributed by atoms with Crippen molar-refractivity contribution in [1.82, 2.24) is 24.5 Å². The molecule has 0 bridgehead atoms.